The SMILES string of the molecule is Cc1cccc(OCCCC(=O)N2CCN(CC(=O)NCc3ccccc3)CC2)c1. The number of aryl methyl sites for hydroxylation is 1. The molecule has 6 heteroatoms. The molecule has 2 amide bonds. The number of hydrogen-bond donors (Lipinski definition) is 1. The van der Waals surface area contributed by atoms with E-state index in [0.29, 0.717) is 45.6 Å². The highest BCUT2D eigenvalue weighted by Gasteiger charge is 2.22. The number of nitrogens with zero attached hydrogens (tertiary/aromatic N) is 2. The molecule has 1 heterocycles. The standard InChI is InChI=1S/C24H31N3O3/c1-20-7-5-10-22(17-20)30-16-6-11-24(29)27-14-12-26(13-15-27)19-23(28)25-18-21-8-3-2-4-9-21/h2-5,7-10,17H,6,11-16,18-19H2,1H3,(H,25,28). The quantitative estimate of drug-likeness (QED) is 0.647. The molecule has 30 heavy (non-hydrogen) atoms. The molecule has 0 radical (unpaired) electrons. The van der Waals surface area contributed by atoms with Crippen molar-refractivity contribution in [3.8, 4) is 5.75 Å². The predicted octanol–water partition coefficient (Wildman–Crippen LogP) is 2.61. The van der Waals surface area contributed by atoms with Crippen LogP contribution in [0.2, 0.25) is 0 Å². The average Bonchev–Trinajstić information content (AvgIpc) is 2.76. The molecular formula is C24H31N3O3. The molecule has 2 aromatic rings. The number of ether oxygens (including phenoxy) is 1. The molecule has 0 bridgehead atoms. The van der Waals surface area contributed by atoms with Gasteiger partial charge in [0.05, 0.1) is 13.2 Å². The molecule has 0 aromatic heterocycles. The van der Waals surface area contributed by atoms with Crippen LogP contribution < -0.4 is 10.1 Å². The average molecular weight is 410 g/mol. The molecule has 1 N–H and O–H groups in total. The summed E-state index contributed by atoms with van der Waals surface area (Å²) in [5.41, 5.74) is 2.25. The van der Waals surface area contributed by atoms with Crippen molar-refractivity contribution in [1.82, 2.24) is 15.1 Å². The molecule has 160 valence electrons. The summed E-state index contributed by atoms with van der Waals surface area (Å²) in [6.07, 6.45) is 1.19. The molecular weight excluding hydrogens is 378 g/mol. The largest absolute Gasteiger partial charge is 0.494 e. The fraction of sp³-hybridized carbons (Fsp3) is 0.417. The van der Waals surface area contributed by atoms with Crippen molar-refractivity contribution in [2.45, 2.75) is 26.3 Å². The van der Waals surface area contributed by atoms with E-state index in [1.807, 2.05) is 66.4 Å². The first-order valence-corrected chi connectivity index (χ1v) is 10.6. The highest BCUT2D eigenvalue weighted by Crippen LogP contribution is 2.13. The fourth-order valence-corrected chi connectivity index (χ4v) is 3.49. The lowest BCUT2D eigenvalue weighted by Crippen LogP contribution is -2.51. The van der Waals surface area contributed by atoms with Crippen LogP contribution in [0.15, 0.2) is 54.6 Å². The van der Waals surface area contributed by atoms with Gasteiger partial charge >= 0.3 is 0 Å². The van der Waals surface area contributed by atoms with E-state index >= 15 is 0 Å². The number of amides is 2. The summed E-state index contributed by atoms with van der Waals surface area (Å²) in [6, 6.07) is 17.8. The fourth-order valence-electron chi connectivity index (χ4n) is 3.49. The molecule has 1 fully saturated rings. The lowest BCUT2D eigenvalue weighted by Gasteiger charge is -2.34. The molecule has 1 aliphatic rings. The number of benzene rings is 2. The van der Waals surface area contributed by atoms with Gasteiger partial charge < -0.3 is 15.0 Å². The van der Waals surface area contributed by atoms with Crippen molar-refractivity contribution < 1.29 is 14.3 Å². The highest BCUT2D eigenvalue weighted by molar-refractivity contribution is 5.78. The monoisotopic (exact) mass is 409 g/mol. The zero-order valence-electron chi connectivity index (χ0n) is 17.7. The van der Waals surface area contributed by atoms with Crippen LogP contribution in [0.5, 0.6) is 5.75 Å². The molecule has 0 unspecified atom stereocenters. The van der Waals surface area contributed by atoms with Crippen molar-refractivity contribution in [2.75, 3.05) is 39.3 Å². The molecule has 1 saturated heterocycles. The zero-order chi connectivity index (χ0) is 21.2. The minimum Gasteiger partial charge on any atom is -0.494 e. The van der Waals surface area contributed by atoms with Gasteiger partial charge in [0.2, 0.25) is 11.8 Å². The zero-order valence-corrected chi connectivity index (χ0v) is 17.7. The smallest absolute Gasteiger partial charge is 0.234 e. The normalized spacial score (nSPS) is 14.4. The van der Waals surface area contributed by atoms with Gasteiger partial charge in [0, 0.05) is 39.1 Å². The van der Waals surface area contributed by atoms with Gasteiger partial charge in [0.15, 0.2) is 0 Å². The van der Waals surface area contributed by atoms with Gasteiger partial charge in [-0.25, -0.2) is 0 Å². The second-order valence-electron chi connectivity index (χ2n) is 7.69. The van der Waals surface area contributed by atoms with E-state index < -0.39 is 0 Å². The lowest BCUT2D eigenvalue weighted by molar-refractivity contribution is -0.133. The summed E-state index contributed by atoms with van der Waals surface area (Å²) < 4.78 is 5.72. The van der Waals surface area contributed by atoms with Gasteiger partial charge in [-0.1, -0.05) is 42.5 Å². The first-order valence-electron chi connectivity index (χ1n) is 10.6. The number of carbonyl (C=O) groups excluding carboxylic acids is 2. The Balaban J connectivity index is 1.28. The Kier molecular flexibility index (Phi) is 8.27. The molecule has 3 rings (SSSR count). The number of hydrogen-bond acceptors (Lipinski definition) is 4. The van der Waals surface area contributed by atoms with Crippen molar-refractivity contribution in [2.24, 2.45) is 0 Å². The van der Waals surface area contributed by atoms with E-state index in [4.69, 9.17) is 4.74 Å². The van der Waals surface area contributed by atoms with E-state index in [-0.39, 0.29) is 11.8 Å². The van der Waals surface area contributed by atoms with Crippen LogP contribution in [0.3, 0.4) is 0 Å². The Bertz CT molecular complexity index is 817. The Morgan fingerprint density at radius 3 is 2.50 bits per heavy atom. The van der Waals surface area contributed by atoms with Crippen LogP contribution in [0.25, 0.3) is 0 Å². The Morgan fingerprint density at radius 2 is 1.77 bits per heavy atom. The van der Waals surface area contributed by atoms with Crippen LogP contribution in [-0.4, -0.2) is 60.9 Å². The van der Waals surface area contributed by atoms with Crippen molar-refractivity contribution in [1.29, 1.82) is 0 Å². The van der Waals surface area contributed by atoms with Gasteiger partial charge in [0.1, 0.15) is 5.75 Å². The number of rotatable bonds is 9. The molecule has 0 spiro atoms. The van der Waals surface area contributed by atoms with Gasteiger partial charge in [0.25, 0.3) is 0 Å². The van der Waals surface area contributed by atoms with E-state index in [0.717, 1.165) is 30.0 Å². The topological polar surface area (TPSA) is 61.9 Å². The van der Waals surface area contributed by atoms with Crippen molar-refractivity contribution >= 4 is 11.8 Å². The number of piperazine rings is 1. The maximum Gasteiger partial charge on any atom is 0.234 e. The van der Waals surface area contributed by atoms with Crippen LogP contribution in [0.1, 0.15) is 24.0 Å². The molecule has 0 atom stereocenters. The number of nitrogens with one attached hydrogen (secondary N) is 1. The molecule has 1 aliphatic heterocycles. The van der Waals surface area contributed by atoms with Gasteiger partial charge in [-0.05, 0) is 36.6 Å². The summed E-state index contributed by atoms with van der Waals surface area (Å²) in [6.45, 7) is 6.28. The van der Waals surface area contributed by atoms with E-state index in [1.165, 1.54) is 0 Å². The van der Waals surface area contributed by atoms with Gasteiger partial charge in [-0.15, -0.1) is 0 Å². The Morgan fingerprint density at radius 1 is 1.00 bits per heavy atom. The minimum atomic E-state index is 0.0203. The van der Waals surface area contributed by atoms with Crippen LogP contribution >= 0.6 is 0 Å². The molecule has 0 aliphatic carbocycles. The van der Waals surface area contributed by atoms with Crippen molar-refractivity contribution in [3.63, 3.8) is 0 Å². The van der Waals surface area contributed by atoms with Crippen LogP contribution in [0, 0.1) is 6.92 Å². The molecule has 0 saturated carbocycles. The first-order chi connectivity index (χ1) is 14.6. The lowest BCUT2D eigenvalue weighted by atomic mass is 10.2. The van der Waals surface area contributed by atoms with Gasteiger partial charge in [-0.3, -0.25) is 14.5 Å². The van der Waals surface area contributed by atoms with E-state index in [9.17, 15) is 9.59 Å². The molecule has 6 nitrogen and oxygen atoms in total. The summed E-state index contributed by atoms with van der Waals surface area (Å²) in [4.78, 5) is 28.6. The Hall–Kier alpha value is -2.86. The maximum atomic E-state index is 12.4. The third kappa shape index (κ3) is 7.19. The summed E-state index contributed by atoms with van der Waals surface area (Å²) in [5.74, 6) is 1.03. The van der Waals surface area contributed by atoms with Crippen molar-refractivity contribution in [3.05, 3.63) is 65.7 Å². The van der Waals surface area contributed by atoms with Crippen LogP contribution in [0.4, 0.5) is 0 Å². The van der Waals surface area contributed by atoms with E-state index in [2.05, 4.69) is 10.2 Å². The predicted molar refractivity (Wildman–Crippen MR) is 117 cm³/mol. The summed E-state index contributed by atoms with van der Waals surface area (Å²) in [7, 11) is 0. The molecule has 2 aromatic carbocycles. The van der Waals surface area contributed by atoms with E-state index in [1.54, 1.807) is 0 Å². The van der Waals surface area contributed by atoms with Gasteiger partial charge in [-0.2, -0.15) is 0 Å². The Labute approximate surface area is 178 Å². The first kappa shape index (κ1) is 21.8. The minimum absolute atomic E-state index is 0.0203. The third-order valence-electron chi connectivity index (χ3n) is 5.22. The number of carbonyl (C=O) groups is 2. The maximum absolute atomic E-state index is 12.4. The van der Waals surface area contributed by atoms with Crippen LogP contribution in [-0.2, 0) is 16.1 Å². The third-order valence-corrected chi connectivity index (χ3v) is 5.22. The second kappa shape index (κ2) is 11.4. The summed E-state index contributed by atoms with van der Waals surface area (Å²) >= 11 is 0. The highest BCUT2D eigenvalue weighted by atomic mass is 16.5. The second-order valence-corrected chi connectivity index (χ2v) is 7.69. The summed E-state index contributed by atoms with van der Waals surface area (Å²) in [5, 5.41) is 2.96.